The topological polar surface area (TPSA) is 72.8 Å². The van der Waals surface area contributed by atoms with Crippen molar-refractivity contribution in [2.24, 2.45) is 0 Å². The summed E-state index contributed by atoms with van der Waals surface area (Å²) in [6, 6.07) is 1.78. The molecular formula is C15H21N5O. The van der Waals surface area contributed by atoms with E-state index in [1.807, 2.05) is 13.8 Å². The summed E-state index contributed by atoms with van der Waals surface area (Å²) in [4.78, 5) is 17.5. The van der Waals surface area contributed by atoms with E-state index in [-0.39, 0.29) is 0 Å². The molecule has 0 spiro atoms. The standard InChI is InChI=1S/C15H21N5O/c1-11-13(5-8-16-9-10-21-3)12(2)20-15(19-11)14-17-6-4-7-18-14/h4,6-7,16H,5,8-10H2,1-3H3. The Morgan fingerprint density at radius 2 is 1.67 bits per heavy atom. The van der Waals surface area contributed by atoms with Crippen LogP contribution in [0, 0.1) is 13.8 Å². The smallest absolute Gasteiger partial charge is 0.198 e. The lowest BCUT2D eigenvalue weighted by Crippen LogP contribution is -2.22. The highest BCUT2D eigenvalue weighted by molar-refractivity contribution is 5.44. The predicted molar refractivity (Wildman–Crippen MR) is 81.0 cm³/mol. The van der Waals surface area contributed by atoms with Crippen LogP contribution in [-0.4, -0.2) is 46.7 Å². The van der Waals surface area contributed by atoms with Crippen LogP contribution in [0.3, 0.4) is 0 Å². The number of methoxy groups -OCH3 is 1. The third-order valence-corrected chi connectivity index (χ3v) is 3.22. The largest absolute Gasteiger partial charge is 0.383 e. The van der Waals surface area contributed by atoms with Crippen LogP contribution in [0.5, 0.6) is 0 Å². The normalized spacial score (nSPS) is 10.8. The van der Waals surface area contributed by atoms with Gasteiger partial charge in [-0.2, -0.15) is 0 Å². The summed E-state index contributed by atoms with van der Waals surface area (Å²) in [5, 5.41) is 3.33. The predicted octanol–water partition coefficient (Wildman–Crippen LogP) is 1.33. The second-order valence-electron chi connectivity index (χ2n) is 4.76. The van der Waals surface area contributed by atoms with E-state index in [1.54, 1.807) is 25.6 Å². The molecule has 2 aromatic rings. The molecule has 21 heavy (non-hydrogen) atoms. The first-order chi connectivity index (χ1) is 10.2. The molecule has 2 aromatic heterocycles. The summed E-state index contributed by atoms with van der Waals surface area (Å²) in [6.45, 7) is 6.47. The monoisotopic (exact) mass is 287 g/mol. The third kappa shape index (κ3) is 4.27. The van der Waals surface area contributed by atoms with Gasteiger partial charge in [0.15, 0.2) is 11.6 Å². The van der Waals surface area contributed by atoms with Gasteiger partial charge in [0.1, 0.15) is 0 Å². The molecule has 0 fully saturated rings. The fraction of sp³-hybridized carbons (Fsp3) is 0.467. The number of ether oxygens (including phenoxy) is 1. The summed E-state index contributed by atoms with van der Waals surface area (Å²) in [5.74, 6) is 1.15. The lowest BCUT2D eigenvalue weighted by Gasteiger charge is -2.11. The van der Waals surface area contributed by atoms with Crippen molar-refractivity contribution in [2.45, 2.75) is 20.3 Å². The summed E-state index contributed by atoms with van der Waals surface area (Å²) >= 11 is 0. The number of hydrogen-bond acceptors (Lipinski definition) is 6. The maximum Gasteiger partial charge on any atom is 0.198 e. The highest BCUT2D eigenvalue weighted by atomic mass is 16.5. The average Bonchev–Trinajstić information content (AvgIpc) is 2.50. The molecule has 0 atom stereocenters. The van der Waals surface area contributed by atoms with E-state index in [0.717, 1.165) is 37.5 Å². The molecule has 0 bridgehead atoms. The summed E-state index contributed by atoms with van der Waals surface area (Å²) in [5.41, 5.74) is 3.15. The fourth-order valence-electron chi connectivity index (χ4n) is 2.13. The average molecular weight is 287 g/mol. The van der Waals surface area contributed by atoms with Crippen molar-refractivity contribution in [3.05, 3.63) is 35.4 Å². The Morgan fingerprint density at radius 1 is 1.00 bits per heavy atom. The molecule has 2 heterocycles. The number of rotatable bonds is 7. The minimum absolute atomic E-state index is 0.563. The zero-order chi connectivity index (χ0) is 15.1. The van der Waals surface area contributed by atoms with Crippen LogP contribution in [0.2, 0.25) is 0 Å². The first kappa shape index (κ1) is 15.5. The molecule has 2 rings (SSSR count). The van der Waals surface area contributed by atoms with Gasteiger partial charge in [-0.1, -0.05) is 0 Å². The summed E-state index contributed by atoms with van der Waals surface area (Å²) in [7, 11) is 1.70. The van der Waals surface area contributed by atoms with Crippen LogP contribution < -0.4 is 5.32 Å². The molecule has 0 amide bonds. The molecule has 0 radical (unpaired) electrons. The van der Waals surface area contributed by atoms with Gasteiger partial charge < -0.3 is 10.1 Å². The molecule has 1 N–H and O–H groups in total. The van der Waals surface area contributed by atoms with Crippen LogP contribution in [0.4, 0.5) is 0 Å². The van der Waals surface area contributed by atoms with Gasteiger partial charge in [0.25, 0.3) is 0 Å². The van der Waals surface area contributed by atoms with E-state index in [2.05, 4.69) is 25.3 Å². The van der Waals surface area contributed by atoms with E-state index in [9.17, 15) is 0 Å². The van der Waals surface area contributed by atoms with Crippen LogP contribution >= 0.6 is 0 Å². The summed E-state index contributed by atoms with van der Waals surface area (Å²) in [6.07, 6.45) is 4.30. The van der Waals surface area contributed by atoms with Gasteiger partial charge in [-0.3, -0.25) is 0 Å². The highest BCUT2D eigenvalue weighted by Crippen LogP contribution is 2.15. The van der Waals surface area contributed by atoms with E-state index < -0.39 is 0 Å². The number of hydrogen-bond donors (Lipinski definition) is 1. The first-order valence-electron chi connectivity index (χ1n) is 7.03. The molecule has 0 saturated heterocycles. The number of aryl methyl sites for hydroxylation is 2. The Bertz CT molecular complexity index is 551. The van der Waals surface area contributed by atoms with Gasteiger partial charge in [0.05, 0.1) is 6.61 Å². The maximum absolute atomic E-state index is 5.01. The molecule has 6 heteroatoms. The fourth-order valence-corrected chi connectivity index (χ4v) is 2.13. The van der Waals surface area contributed by atoms with Crippen molar-refractivity contribution in [1.82, 2.24) is 25.3 Å². The Balaban J connectivity index is 2.07. The number of nitrogens with one attached hydrogen (secondary N) is 1. The Hall–Kier alpha value is -1.92. The van der Waals surface area contributed by atoms with Crippen molar-refractivity contribution >= 4 is 0 Å². The quantitative estimate of drug-likeness (QED) is 0.775. The van der Waals surface area contributed by atoms with Gasteiger partial charge in [0, 0.05) is 37.4 Å². The van der Waals surface area contributed by atoms with Crippen LogP contribution in [0.25, 0.3) is 11.6 Å². The molecule has 0 aliphatic rings. The Labute approximate surface area is 125 Å². The van der Waals surface area contributed by atoms with Crippen molar-refractivity contribution in [3.8, 4) is 11.6 Å². The molecule has 0 unspecified atom stereocenters. The summed E-state index contributed by atoms with van der Waals surface area (Å²) < 4.78 is 5.01. The molecule has 0 aromatic carbocycles. The molecule has 6 nitrogen and oxygen atoms in total. The molecule has 0 aliphatic carbocycles. The SMILES string of the molecule is COCCNCCc1c(C)nc(-c2ncccn2)nc1C. The minimum Gasteiger partial charge on any atom is -0.383 e. The zero-order valence-electron chi connectivity index (χ0n) is 12.8. The van der Waals surface area contributed by atoms with Crippen molar-refractivity contribution in [3.63, 3.8) is 0 Å². The lowest BCUT2D eigenvalue weighted by molar-refractivity contribution is 0.199. The first-order valence-corrected chi connectivity index (χ1v) is 7.03. The molecular weight excluding hydrogens is 266 g/mol. The highest BCUT2D eigenvalue weighted by Gasteiger charge is 2.11. The van der Waals surface area contributed by atoms with E-state index in [4.69, 9.17) is 4.74 Å². The lowest BCUT2D eigenvalue weighted by atomic mass is 10.1. The van der Waals surface area contributed by atoms with Crippen molar-refractivity contribution < 1.29 is 4.74 Å². The van der Waals surface area contributed by atoms with Gasteiger partial charge in [0.2, 0.25) is 0 Å². The van der Waals surface area contributed by atoms with Crippen LogP contribution in [-0.2, 0) is 11.2 Å². The molecule has 0 saturated carbocycles. The van der Waals surface area contributed by atoms with E-state index >= 15 is 0 Å². The van der Waals surface area contributed by atoms with Gasteiger partial charge >= 0.3 is 0 Å². The number of aromatic nitrogens is 4. The molecule has 0 aliphatic heterocycles. The van der Waals surface area contributed by atoms with Crippen LogP contribution in [0.1, 0.15) is 17.0 Å². The van der Waals surface area contributed by atoms with E-state index in [0.29, 0.717) is 11.6 Å². The number of nitrogens with zero attached hydrogens (tertiary/aromatic N) is 4. The van der Waals surface area contributed by atoms with E-state index in [1.165, 1.54) is 5.56 Å². The van der Waals surface area contributed by atoms with Crippen molar-refractivity contribution in [1.29, 1.82) is 0 Å². The minimum atomic E-state index is 0.563. The maximum atomic E-state index is 5.01. The van der Waals surface area contributed by atoms with Gasteiger partial charge in [-0.25, -0.2) is 19.9 Å². The molecule has 112 valence electrons. The van der Waals surface area contributed by atoms with Crippen molar-refractivity contribution in [2.75, 3.05) is 26.8 Å². The Kier molecular flexibility index (Phi) is 5.71. The van der Waals surface area contributed by atoms with Gasteiger partial charge in [-0.05, 0) is 38.4 Å². The zero-order valence-corrected chi connectivity index (χ0v) is 12.8. The Morgan fingerprint density at radius 3 is 2.29 bits per heavy atom. The second kappa shape index (κ2) is 7.75. The second-order valence-corrected chi connectivity index (χ2v) is 4.76. The van der Waals surface area contributed by atoms with Gasteiger partial charge in [-0.15, -0.1) is 0 Å². The van der Waals surface area contributed by atoms with Crippen LogP contribution in [0.15, 0.2) is 18.5 Å². The third-order valence-electron chi connectivity index (χ3n) is 3.22.